The highest BCUT2D eigenvalue weighted by Crippen LogP contribution is 2.24. The Kier molecular flexibility index (Phi) is 3.58. The Balaban J connectivity index is 1.98. The SMILES string of the molecule is CC(C)(N)c1noc(CSc2ccc(O)cc2)n1. The van der Waals surface area contributed by atoms with Gasteiger partial charge in [-0.3, -0.25) is 0 Å². The van der Waals surface area contributed by atoms with Gasteiger partial charge in [0, 0.05) is 4.90 Å². The first-order chi connectivity index (χ1) is 8.45. The van der Waals surface area contributed by atoms with E-state index in [0.717, 1.165) is 4.90 Å². The third-order valence-corrected chi connectivity index (χ3v) is 3.24. The molecule has 3 N–H and O–H groups in total. The van der Waals surface area contributed by atoms with E-state index in [9.17, 15) is 5.11 Å². The van der Waals surface area contributed by atoms with E-state index < -0.39 is 5.54 Å². The lowest BCUT2D eigenvalue weighted by Gasteiger charge is -2.11. The highest BCUT2D eigenvalue weighted by Gasteiger charge is 2.21. The first kappa shape index (κ1) is 12.9. The molecule has 0 bridgehead atoms. The number of phenols is 1. The second-order valence-corrected chi connectivity index (χ2v) is 5.56. The summed E-state index contributed by atoms with van der Waals surface area (Å²) in [7, 11) is 0. The summed E-state index contributed by atoms with van der Waals surface area (Å²) in [6, 6.07) is 6.96. The van der Waals surface area contributed by atoms with Crippen LogP contribution in [-0.2, 0) is 11.3 Å². The molecule has 0 saturated heterocycles. The summed E-state index contributed by atoms with van der Waals surface area (Å²) in [4.78, 5) is 5.27. The van der Waals surface area contributed by atoms with Crippen LogP contribution < -0.4 is 5.73 Å². The molecule has 18 heavy (non-hydrogen) atoms. The number of nitrogens with zero attached hydrogens (tertiary/aromatic N) is 2. The quantitative estimate of drug-likeness (QED) is 0.825. The number of hydrogen-bond acceptors (Lipinski definition) is 6. The standard InChI is InChI=1S/C12H15N3O2S/c1-12(2,13)11-14-10(17-15-11)7-18-9-5-3-8(16)4-6-9/h3-6,16H,7,13H2,1-2H3. The minimum Gasteiger partial charge on any atom is -0.508 e. The zero-order chi connectivity index (χ0) is 13.2. The van der Waals surface area contributed by atoms with Crippen molar-refractivity contribution in [2.75, 3.05) is 0 Å². The Morgan fingerprint density at radius 1 is 1.33 bits per heavy atom. The Hall–Kier alpha value is -1.53. The highest BCUT2D eigenvalue weighted by molar-refractivity contribution is 7.98. The lowest BCUT2D eigenvalue weighted by Crippen LogP contribution is -2.30. The summed E-state index contributed by atoms with van der Waals surface area (Å²) in [6.07, 6.45) is 0. The van der Waals surface area contributed by atoms with Crippen LogP contribution in [0.5, 0.6) is 5.75 Å². The van der Waals surface area contributed by atoms with E-state index >= 15 is 0 Å². The van der Waals surface area contributed by atoms with Crippen LogP contribution in [0.2, 0.25) is 0 Å². The molecule has 0 amide bonds. The molecule has 6 heteroatoms. The topological polar surface area (TPSA) is 85.2 Å². The van der Waals surface area contributed by atoms with Crippen molar-refractivity contribution in [3.63, 3.8) is 0 Å². The van der Waals surface area contributed by atoms with Crippen molar-refractivity contribution in [2.24, 2.45) is 5.73 Å². The molecule has 1 heterocycles. The molecule has 5 nitrogen and oxygen atoms in total. The molecule has 0 atom stereocenters. The molecule has 0 unspecified atom stereocenters. The van der Waals surface area contributed by atoms with E-state index in [1.54, 1.807) is 23.9 Å². The Labute approximate surface area is 109 Å². The van der Waals surface area contributed by atoms with Crippen LogP contribution in [0.25, 0.3) is 0 Å². The third-order valence-electron chi connectivity index (χ3n) is 2.24. The van der Waals surface area contributed by atoms with E-state index in [-0.39, 0.29) is 5.75 Å². The van der Waals surface area contributed by atoms with Crippen LogP contribution in [0.15, 0.2) is 33.7 Å². The van der Waals surface area contributed by atoms with Gasteiger partial charge in [0.25, 0.3) is 0 Å². The number of aromatic nitrogens is 2. The van der Waals surface area contributed by atoms with Crippen molar-refractivity contribution in [1.29, 1.82) is 0 Å². The van der Waals surface area contributed by atoms with E-state index in [4.69, 9.17) is 10.3 Å². The van der Waals surface area contributed by atoms with Gasteiger partial charge in [0.1, 0.15) is 5.75 Å². The van der Waals surface area contributed by atoms with Gasteiger partial charge < -0.3 is 15.4 Å². The van der Waals surface area contributed by atoms with Crippen molar-refractivity contribution in [3.05, 3.63) is 36.0 Å². The average Bonchev–Trinajstić information content (AvgIpc) is 2.77. The van der Waals surface area contributed by atoms with Crippen LogP contribution in [0, 0.1) is 0 Å². The minimum absolute atomic E-state index is 0.254. The molecule has 2 rings (SSSR count). The van der Waals surface area contributed by atoms with Crippen molar-refractivity contribution < 1.29 is 9.63 Å². The summed E-state index contributed by atoms with van der Waals surface area (Å²) in [5, 5.41) is 13.0. The maximum Gasteiger partial charge on any atom is 0.237 e. The Morgan fingerprint density at radius 3 is 2.56 bits per heavy atom. The largest absolute Gasteiger partial charge is 0.508 e. The van der Waals surface area contributed by atoms with Crippen LogP contribution in [-0.4, -0.2) is 15.2 Å². The van der Waals surface area contributed by atoms with E-state index in [0.29, 0.717) is 17.5 Å². The highest BCUT2D eigenvalue weighted by atomic mass is 32.2. The van der Waals surface area contributed by atoms with Gasteiger partial charge in [-0.2, -0.15) is 4.98 Å². The molecule has 0 aliphatic rings. The molecular weight excluding hydrogens is 250 g/mol. The van der Waals surface area contributed by atoms with Crippen molar-refractivity contribution in [3.8, 4) is 5.75 Å². The predicted molar refractivity (Wildman–Crippen MR) is 69.2 cm³/mol. The molecule has 0 spiro atoms. The number of hydrogen-bond donors (Lipinski definition) is 2. The zero-order valence-corrected chi connectivity index (χ0v) is 11.1. The summed E-state index contributed by atoms with van der Waals surface area (Å²) in [5.74, 6) is 1.88. The second-order valence-electron chi connectivity index (χ2n) is 4.52. The number of benzene rings is 1. The summed E-state index contributed by atoms with van der Waals surface area (Å²) in [5.41, 5.74) is 5.28. The maximum absolute atomic E-state index is 9.17. The van der Waals surface area contributed by atoms with Crippen LogP contribution >= 0.6 is 11.8 Å². The molecule has 0 aliphatic heterocycles. The van der Waals surface area contributed by atoms with Crippen LogP contribution in [0.4, 0.5) is 0 Å². The van der Waals surface area contributed by atoms with E-state index in [1.807, 2.05) is 26.0 Å². The Morgan fingerprint density at radius 2 is 2.00 bits per heavy atom. The lowest BCUT2D eigenvalue weighted by atomic mass is 10.1. The zero-order valence-electron chi connectivity index (χ0n) is 10.3. The summed E-state index contributed by atoms with van der Waals surface area (Å²) < 4.78 is 5.13. The summed E-state index contributed by atoms with van der Waals surface area (Å²) in [6.45, 7) is 3.66. The van der Waals surface area contributed by atoms with Crippen LogP contribution in [0.3, 0.4) is 0 Å². The first-order valence-electron chi connectivity index (χ1n) is 5.49. The second kappa shape index (κ2) is 4.99. The average molecular weight is 265 g/mol. The Bertz CT molecular complexity index is 517. The van der Waals surface area contributed by atoms with Crippen molar-refractivity contribution in [1.82, 2.24) is 10.1 Å². The van der Waals surface area contributed by atoms with Crippen molar-refractivity contribution >= 4 is 11.8 Å². The maximum atomic E-state index is 9.17. The molecule has 1 aromatic heterocycles. The van der Waals surface area contributed by atoms with Gasteiger partial charge in [-0.05, 0) is 38.1 Å². The monoisotopic (exact) mass is 265 g/mol. The molecule has 0 fully saturated rings. The predicted octanol–water partition coefficient (Wildman–Crippen LogP) is 2.26. The summed E-state index contributed by atoms with van der Waals surface area (Å²) >= 11 is 1.56. The fourth-order valence-electron chi connectivity index (χ4n) is 1.26. The van der Waals surface area contributed by atoms with Gasteiger partial charge in [0.2, 0.25) is 5.89 Å². The van der Waals surface area contributed by atoms with Gasteiger partial charge in [-0.1, -0.05) is 5.16 Å². The van der Waals surface area contributed by atoms with Gasteiger partial charge in [0.05, 0.1) is 11.3 Å². The fourth-order valence-corrected chi connectivity index (χ4v) is 2.00. The first-order valence-corrected chi connectivity index (χ1v) is 6.47. The number of phenolic OH excluding ortho intramolecular Hbond substituents is 1. The minimum atomic E-state index is -0.592. The van der Waals surface area contributed by atoms with E-state index in [1.165, 1.54) is 0 Å². The number of rotatable bonds is 4. The van der Waals surface area contributed by atoms with Crippen molar-refractivity contribution in [2.45, 2.75) is 30.0 Å². The molecule has 96 valence electrons. The molecule has 0 saturated carbocycles. The van der Waals surface area contributed by atoms with Gasteiger partial charge in [-0.25, -0.2) is 0 Å². The lowest BCUT2D eigenvalue weighted by molar-refractivity contribution is 0.370. The molecular formula is C12H15N3O2S. The normalized spacial score (nSPS) is 11.7. The molecule has 0 radical (unpaired) electrons. The van der Waals surface area contributed by atoms with E-state index in [2.05, 4.69) is 10.1 Å². The number of thioether (sulfide) groups is 1. The third kappa shape index (κ3) is 3.24. The van der Waals surface area contributed by atoms with Crippen LogP contribution in [0.1, 0.15) is 25.6 Å². The number of aromatic hydroxyl groups is 1. The fraction of sp³-hybridized carbons (Fsp3) is 0.333. The van der Waals surface area contributed by atoms with Gasteiger partial charge in [-0.15, -0.1) is 11.8 Å². The van der Waals surface area contributed by atoms with Gasteiger partial charge in [0.15, 0.2) is 5.82 Å². The molecule has 1 aromatic carbocycles. The molecule has 2 aromatic rings. The smallest absolute Gasteiger partial charge is 0.237 e. The molecule has 0 aliphatic carbocycles. The van der Waals surface area contributed by atoms with Gasteiger partial charge >= 0.3 is 0 Å². The number of nitrogens with two attached hydrogens (primary N) is 1.